The van der Waals surface area contributed by atoms with Crippen LogP contribution in [-0.2, 0) is 26.6 Å². The van der Waals surface area contributed by atoms with Crippen molar-refractivity contribution < 1.29 is 16.8 Å². The number of sulfonamides is 2. The third-order valence-electron chi connectivity index (χ3n) is 4.77. The van der Waals surface area contributed by atoms with Crippen LogP contribution in [0.4, 0.5) is 0 Å². The van der Waals surface area contributed by atoms with Gasteiger partial charge in [-0.3, -0.25) is 0 Å². The summed E-state index contributed by atoms with van der Waals surface area (Å²) in [6.07, 6.45) is 0. The first-order valence-corrected chi connectivity index (χ1v) is 12.0. The summed E-state index contributed by atoms with van der Waals surface area (Å²) in [5.74, 6) is 0. The molecule has 0 aromatic heterocycles. The van der Waals surface area contributed by atoms with Gasteiger partial charge in [0.25, 0.3) is 0 Å². The van der Waals surface area contributed by atoms with Gasteiger partial charge in [0.05, 0.1) is 9.79 Å². The van der Waals surface area contributed by atoms with Crippen LogP contribution >= 0.6 is 0 Å². The minimum atomic E-state index is -3.73. The highest BCUT2D eigenvalue weighted by Gasteiger charge is 2.25. The molecule has 2 aromatic carbocycles. The highest BCUT2D eigenvalue weighted by molar-refractivity contribution is 7.89. The molecule has 0 amide bonds. The normalized spacial score (nSPS) is 12.7. The van der Waals surface area contributed by atoms with E-state index in [2.05, 4.69) is 0 Å². The van der Waals surface area contributed by atoms with Gasteiger partial charge >= 0.3 is 0 Å². The van der Waals surface area contributed by atoms with E-state index in [9.17, 15) is 16.8 Å². The molecule has 8 heteroatoms. The standard InChI is InChI=1S/C20H28N2O4S2/c1-6-22(7-2)28(25,26)20-12-10-19(11-13-20)27(23,24)21(5)15-18-9-8-16(3)14-17(18)4/h8-14H,6-7,15H2,1-5H3. The van der Waals surface area contributed by atoms with Crippen LogP contribution in [0.3, 0.4) is 0 Å². The molecule has 0 radical (unpaired) electrons. The molecule has 0 spiro atoms. The van der Waals surface area contributed by atoms with E-state index in [1.165, 1.54) is 39.9 Å². The average Bonchev–Trinajstić information content (AvgIpc) is 2.64. The third-order valence-corrected chi connectivity index (χ3v) is 8.65. The van der Waals surface area contributed by atoms with Crippen molar-refractivity contribution in [3.8, 4) is 0 Å². The average molecular weight is 425 g/mol. The second-order valence-electron chi connectivity index (χ2n) is 6.75. The predicted molar refractivity (Wildman–Crippen MR) is 111 cm³/mol. The Morgan fingerprint density at radius 3 is 1.75 bits per heavy atom. The molecule has 6 nitrogen and oxygen atoms in total. The van der Waals surface area contributed by atoms with E-state index < -0.39 is 20.0 Å². The van der Waals surface area contributed by atoms with Crippen LogP contribution in [0.2, 0.25) is 0 Å². The Morgan fingerprint density at radius 1 is 0.786 bits per heavy atom. The quantitative estimate of drug-likeness (QED) is 0.652. The van der Waals surface area contributed by atoms with Crippen molar-refractivity contribution in [2.24, 2.45) is 0 Å². The number of rotatable bonds is 8. The zero-order valence-electron chi connectivity index (χ0n) is 17.0. The molecule has 28 heavy (non-hydrogen) atoms. The van der Waals surface area contributed by atoms with Crippen LogP contribution in [0.1, 0.15) is 30.5 Å². The maximum atomic E-state index is 12.9. The number of hydrogen-bond donors (Lipinski definition) is 0. The number of benzene rings is 2. The van der Waals surface area contributed by atoms with Crippen molar-refractivity contribution in [2.75, 3.05) is 20.1 Å². The second kappa shape index (κ2) is 8.73. The molecule has 0 saturated heterocycles. The van der Waals surface area contributed by atoms with Crippen LogP contribution in [-0.4, -0.2) is 45.6 Å². The topological polar surface area (TPSA) is 74.8 Å². The Kier molecular flexibility index (Phi) is 7.03. The lowest BCUT2D eigenvalue weighted by atomic mass is 10.1. The minimum Gasteiger partial charge on any atom is -0.207 e. The van der Waals surface area contributed by atoms with Crippen molar-refractivity contribution >= 4 is 20.0 Å². The smallest absolute Gasteiger partial charge is 0.207 e. The highest BCUT2D eigenvalue weighted by Crippen LogP contribution is 2.22. The van der Waals surface area contributed by atoms with E-state index in [-0.39, 0.29) is 16.3 Å². The minimum absolute atomic E-state index is 0.0678. The Morgan fingerprint density at radius 2 is 1.29 bits per heavy atom. The second-order valence-corrected chi connectivity index (χ2v) is 10.7. The molecule has 0 N–H and O–H groups in total. The van der Waals surface area contributed by atoms with Gasteiger partial charge in [-0.15, -0.1) is 0 Å². The van der Waals surface area contributed by atoms with E-state index in [0.29, 0.717) is 13.1 Å². The van der Waals surface area contributed by atoms with E-state index >= 15 is 0 Å². The third kappa shape index (κ3) is 4.63. The maximum absolute atomic E-state index is 12.9. The van der Waals surface area contributed by atoms with Crippen LogP contribution in [0.5, 0.6) is 0 Å². The maximum Gasteiger partial charge on any atom is 0.243 e. The number of nitrogens with zero attached hydrogens (tertiary/aromatic N) is 2. The van der Waals surface area contributed by atoms with Crippen molar-refractivity contribution in [1.29, 1.82) is 0 Å². The zero-order chi connectivity index (χ0) is 21.1. The molecule has 0 unspecified atom stereocenters. The molecule has 0 aliphatic carbocycles. The summed E-state index contributed by atoms with van der Waals surface area (Å²) in [7, 11) is -5.83. The van der Waals surface area contributed by atoms with Gasteiger partial charge in [-0.25, -0.2) is 16.8 Å². The molecular formula is C20H28N2O4S2. The van der Waals surface area contributed by atoms with Crippen molar-refractivity contribution in [3.63, 3.8) is 0 Å². The molecule has 2 rings (SSSR count). The SMILES string of the molecule is CCN(CC)S(=O)(=O)c1ccc(S(=O)(=O)N(C)Cc2ccc(C)cc2C)cc1. The van der Waals surface area contributed by atoms with Gasteiger partial charge in [-0.05, 0) is 49.2 Å². The first-order valence-electron chi connectivity index (χ1n) is 9.16. The molecule has 154 valence electrons. The lowest BCUT2D eigenvalue weighted by Gasteiger charge is -2.20. The Bertz CT molecular complexity index is 1030. The molecule has 0 heterocycles. The fourth-order valence-corrected chi connectivity index (χ4v) is 5.63. The van der Waals surface area contributed by atoms with Gasteiger partial charge in [0.2, 0.25) is 20.0 Å². The zero-order valence-corrected chi connectivity index (χ0v) is 18.6. The predicted octanol–water partition coefficient (Wildman–Crippen LogP) is 3.15. The highest BCUT2D eigenvalue weighted by atomic mass is 32.2. The van der Waals surface area contributed by atoms with Crippen LogP contribution in [0.25, 0.3) is 0 Å². The summed E-state index contributed by atoms with van der Waals surface area (Å²) >= 11 is 0. The molecule has 0 aliphatic rings. The van der Waals surface area contributed by atoms with Crippen LogP contribution in [0, 0.1) is 13.8 Å². The molecule has 0 fully saturated rings. The monoisotopic (exact) mass is 424 g/mol. The molecular weight excluding hydrogens is 396 g/mol. The van der Waals surface area contributed by atoms with Crippen molar-refractivity contribution in [1.82, 2.24) is 8.61 Å². The van der Waals surface area contributed by atoms with Gasteiger partial charge in [0, 0.05) is 26.7 Å². The largest absolute Gasteiger partial charge is 0.243 e. The lowest BCUT2D eigenvalue weighted by Crippen LogP contribution is -2.30. The van der Waals surface area contributed by atoms with Crippen molar-refractivity contribution in [3.05, 3.63) is 59.2 Å². The fraction of sp³-hybridized carbons (Fsp3) is 0.400. The number of aryl methyl sites for hydroxylation is 2. The Balaban J connectivity index is 2.28. The van der Waals surface area contributed by atoms with E-state index in [4.69, 9.17) is 0 Å². The van der Waals surface area contributed by atoms with E-state index in [1.807, 2.05) is 32.0 Å². The molecule has 0 saturated carbocycles. The Hall–Kier alpha value is -1.74. The van der Waals surface area contributed by atoms with Gasteiger partial charge in [0.1, 0.15) is 0 Å². The summed E-state index contributed by atoms with van der Waals surface area (Å²) in [4.78, 5) is 0.158. The van der Waals surface area contributed by atoms with E-state index in [1.54, 1.807) is 13.8 Å². The summed E-state index contributed by atoms with van der Waals surface area (Å²) in [6, 6.07) is 11.3. The summed E-state index contributed by atoms with van der Waals surface area (Å²) in [6.45, 7) is 8.44. The molecule has 2 aromatic rings. The first kappa shape index (κ1) is 22.5. The lowest BCUT2D eigenvalue weighted by molar-refractivity contribution is 0.445. The van der Waals surface area contributed by atoms with Gasteiger partial charge < -0.3 is 0 Å². The Labute approximate surface area is 168 Å². The molecule has 0 aliphatic heterocycles. The summed E-state index contributed by atoms with van der Waals surface area (Å²) in [5.41, 5.74) is 3.08. The van der Waals surface area contributed by atoms with Gasteiger partial charge in [-0.2, -0.15) is 8.61 Å². The van der Waals surface area contributed by atoms with Crippen LogP contribution < -0.4 is 0 Å². The van der Waals surface area contributed by atoms with Gasteiger partial charge in [0.15, 0.2) is 0 Å². The van der Waals surface area contributed by atoms with Crippen molar-refractivity contribution in [2.45, 2.75) is 44.0 Å². The first-order chi connectivity index (χ1) is 13.0. The summed E-state index contributed by atoms with van der Waals surface area (Å²) < 4.78 is 53.5. The van der Waals surface area contributed by atoms with Crippen LogP contribution in [0.15, 0.2) is 52.3 Å². The fourth-order valence-electron chi connectivity index (χ4n) is 3.02. The summed E-state index contributed by atoms with van der Waals surface area (Å²) in [5, 5.41) is 0. The molecule has 0 atom stereocenters. The molecule has 0 bridgehead atoms. The van der Waals surface area contributed by atoms with Gasteiger partial charge in [-0.1, -0.05) is 37.6 Å². The van der Waals surface area contributed by atoms with E-state index in [0.717, 1.165) is 16.7 Å². The number of hydrogen-bond acceptors (Lipinski definition) is 4.